The number of urea groups is 1. The van der Waals surface area contributed by atoms with Gasteiger partial charge < -0.3 is 10.6 Å². The lowest BCUT2D eigenvalue weighted by Gasteiger charge is -2.31. The van der Waals surface area contributed by atoms with Gasteiger partial charge in [-0.2, -0.15) is 18.4 Å². The molecule has 0 aromatic rings. The SMILES string of the molecule is N#CCC1CC(C(F)(F)F)NC(=O)N1. The minimum Gasteiger partial charge on any atom is -0.334 e. The zero-order valence-electron chi connectivity index (χ0n) is 7.06. The van der Waals surface area contributed by atoms with E-state index < -0.39 is 24.3 Å². The van der Waals surface area contributed by atoms with Crippen LogP contribution >= 0.6 is 0 Å². The summed E-state index contributed by atoms with van der Waals surface area (Å²) in [5, 5.41) is 12.3. The Morgan fingerprint density at radius 2 is 2.14 bits per heavy atom. The second-order valence-corrected chi connectivity index (χ2v) is 3.01. The van der Waals surface area contributed by atoms with E-state index in [9.17, 15) is 18.0 Å². The van der Waals surface area contributed by atoms with Crippen molar-refractivity contribution in [3.63, 3.8) is 0 Å². The van der Waals surface area contributed by atoms with Crippen LogP contribution < -0.4 is 10.6 Å². The molecule has 1 heterocycles. The van der Waals surface area contributed by atoms with Crippen LogP contribution in [0.5, 0.6) is 0 Å². The average molecular weight is 207 g/mol. The molecular formula is C7H8F3N3O. The molecule has 2 unspecified atom stereocenters. The Labute approximate surface area is 78.1 Å². The zero-order valence-corrected chi connectivity index (χ0v) is 7.06. The number of hydrogen-bond acceptors (Lipinski definition) is 2. The maximum absolute atomic E-state index is 12.2. The summed E-state index contributed by atoms with van der Waals surface area (Å²) in [6.45, 7) is 0. The summed E-state index contributed by atoms with van der Waals surface area (Å²) in [5.41, 5.74) is 0. The van der Waals surface area contributed by atoms with Gasteiger partial charge in [0.05, 0.1) is 12.5 Å². The third-order valence-electron chi connectivity index (χ3n) is 1.89. The fourth-order valence-electron chi connectivity index (χ4n) is 1.25. The van der Waals surface area contributed by atoms with Crippen molar-refractivity contribution in [2.45, 2.75) is 31.1 Å². The van der Waals surface area contributed by atoms with Crippen LogP contribution in [-0.2, 0) is 0 Å². The number of amides is 2. The van der Waals surface area contributed by atoms with Crippen LogP contribution in [0.3, 0.4) is 0 Å². The number of carbonyl (C=O) groups excluding carboxylic acids is 1. The molecule has 1 aliphatic heterocycles. The molecule has 0 spiro atoms. The van der Waals surface area contributed by atoms with E-state index in [1.54, 1.807) is 11.4 Å². The quantitative estimate of drug-likeness (QED) is 0.671. The number of alkyl halides is 3. The topological polar surface area (TPSA) is 64.9 Å². The highest BCUT2D eigenvalue weighted by Crippen LogP contribution is 2.25. The minimum absolute atomic E-state index is 0.111. The number of nitrogens with zero attached hydrogens (tertiary/aromatic N) is 1. The first-order chi connectivity index (χ1) is 6.43. The first-order valence-electron chi connectivity index (χ1n) is 3.94. The second-order valence-electron chi connectivity index (χ2n) is 3.01. The van der Waals surface area contributed by atoms with Crippen molar-refractivity contribution in [1.82, 2.24) is 10.6 Å². The summed E-state index contributed by atoms with van der Waals surface area (Å²) in [6.07, 6.45) is -4.87. The van der Waals surface area contributed by atoms with E-state index in [2.05, 4.69) is 5.32 Å². The number of nitriles is 1. The van der Waals surface area contributed by atoms with E-state index in [0.29, 0.717) is 0 Å². The van der Waals surface area contributed by atoms with Crippen LogP contribution in [0.4, 0.5) is 18.0 Å². The lowest BCUT2D eigenvalue weighted by molar-refractivity contribution is -0.157. The monoisotopic (exact) mass is 207 g/mol. The molecule has 78 valence electrons. The van der Waals surface area contributed by atoms with Gasteiger partial charge in [-0.1, -0.05) is 0 Å². The molecule has 2 N–H and O–H groups in total. The predicted octanol–water partition coefficient (Wildman–Crippen LogP) is 0.902. The number of halogens is 3. The van der Waals surface area contributed by atoms with Gasteiger partial charge in [0.15, 0.2) is 0 Å². The Hall–Kier alpha value is -1.45. The van der Waals surface area contributed by atoms with Crippen molar-refractivity contribution in [3.8, 4) is 6.07 Å². The average Bonchev–Trinajstić information content (AvgIpc) is 2.02. The third-order valence-corrected chi connectivity index (χ3v) is 1.89. The Morgan fingerprint density at radius 1 is 1.50 bits per heavy atom. The summed E-state index contributed by atoms with van der Waals surface area (Å²) in [5.74, 6) is 0. The van der Waals surface area contributed by atoms with Crippen molar-refractivity contribution >= 4 is 6.03 Å². The first kappa shape index (κ1) is 10.6. The van der Waals surface area contributed by atoms with Gasteiger partial charge in [-0.25, -0.2) is 4.79 Å². The van der Waals surface area contributed by atoms with Gasteiger partial charge in [0.2, 0.25) is 0 Å². The summed E-state index contributed by atoms with van der Waals surface area (Å²) < 4.78 is 36.6. The maximum Gasteiger partial charge on any atom is 0.408 e. The molecule has 1 rings (SSSR count). The fourth-order valence-corrected chi connectivity index (χ4v) is 1.25. The van der Waals surface area contributed by atoms with Crippen molar-refractivity contribution in [3.05, 3.63) is 0 Å². The highest BCUT2D eigenvalue weighted by Gasteiger charge is 2.44. The van der Waals surface area contributed by atoms with E-state index in [1.807, 2.05) is 0 Å². The molecule has 0 aromatic carbocycles. The van der Waals surface area contributed by atoms with Gasteiger partial charge in [0, 0.05) is 6.04 Å². The molecule has 7 heteroatoms. The second kappa shape index (κ2) is 3.74. The standard InChI is InChI=1S/C7H8F3N3O/c8-7(9,10)5-3-4(1-2-11)12-6(14)13-5/h4-5H,1,3H2,(H2,12,13,14). The molecule has 1 aliphatic rings. The van der Waals surface area contributed by atoms with Gasteiger partial charge in [-0.05, 0) is 6.42 Å². The zero-order chi connectivity index (χ0) is 10.8. The largest absolute Gasteiger partial charge is 0.408 e. The van der Waals surface area contributed by atoms with Gasteiger partial charge in [0.1, 0.15) is 6.04 Å². The van der Waals surface area contributed by atoms with Crippen LogP contribution in [-0.4, -0.2) is 24.3 Å². The van der Waals surface area contributed by atoms with Crippen LogP contribution in [0, 0.1) is 11.3 Å². The molecular weight excluding hydrogens is 199 g/mol. The summed E-state index contributed by atoms with van der Waals surface area (Å²) in [6, 6.07) is -1.73. The van der Waals surface area contributed by atoms with Gasteiger partial charge in [0.25, 0.3) is 0 Å². The minimum atomic E-state index is -4.45. The van der Waals surface area contributed by atoms with E-state index in [0.717, 1.165) is 0 Å². The Bertz CT molecular complexity index is 270. The predicted molar refractivity (Wildman–Crippen MR) is 40.1 cm³/mol. The van der Waals surface area contributed by atoms with Gasteiger partial charge >= 0.3 is 12.2 Å². The molecule has 0 aromatic heterocycles. The molecule has 0 radical (unpaired) electrons. The Balaban J connectivity index is 2.64. The number of carbonyl (C=O) groups is 1. The summed E-state index contributed by atoms with van der Waals surface area (Å²) >= 11 is 0. The van der Waals surface area contributed by atoms with Crippen molar-refractivity contribution < 1.29 is 18.0 Å². The van der Waals surface area contributed by atoms with Crippen LogP contribution in [0.2, 0.25) is 0 Å². The Morgan fingerprint density at radius 3 is 2.64 bits per heavy atom. The summed E-state index contributed by atoms with van der Waals surface area (Å²) in [4.78, 5) is 10.8. The summed E-state index contributed by atoms with van der Waals surface area (Å²) in [7, 11) is 0. The molecule has 4 nitrogen and oxygen atoms in total. The van der Waals surface area contributed by atoms with Gasteiger partial charge in [-0.3, -0.25) is 0 Å². The fraction of sp³-hybridized carbons (Fsp3) is 0.714. The molecule has 0 saturated carbocycles. The maximum atomic E-state index is 12.2. The number of nitrogens with one attached hydrogen (secondary N) is 2. The van der Waals surface area contributed by atoms with E-state index in [1.165, 1.54) is 0 Å². The molecule has 0 aliphatic carbocycles. The van der Waals surface area contributed by atoms with Crippen LogP contribution in [0.15, 0.2) is 0 Å². The normalized spacial score (nSPS) is 27.4. The van der Waals surface area contributed by atoms with Crippen molar-refractivity contribution in [2.75, 3.05) is 0 Å². The lowest BCUT2D eigenvalue weighted by atomic mass is 10.0. The van der Waals surface area contributed by atoms with Crippen LogP contribution in [0.25, 0.3) is 0 Å². The lowest BCUT2D eigenvalue weighted by Crippen LogP contribution is -2.59. The van der Waals surface area contributed by atoms with Crippen molar-refractivity contribution in [2.24, 2.45) is 0 Å². The molecule has 1 saturated heterocycles. The number of rotatable bonds is 1. The van der Waals surface area contributed by atoms with Crippen molar-refractivity contribution in [1.29, 1.82) is 5.26 Å². The first-order valence-corrected chi connectivity index (χ1v) is 3.94. The third kappa shape index (κ3) is 2.52. The molecule has 2 atom stereocenters. The van der Waals surface area contributed by atoms with Gasteiger partial charge in [-0.15, -0.1) is 0 Å². The highest BCUT2D eigenvalue weighted by atomic mass is 19.4. The van der Waals surface area contributed by atoms with E-state index in [4.69, 9.17) is 5.26 Å². The Kier molecular flexibility index (Phi) is 2.84. The molecule has 2 amide bonds. The highest BCUT2D eigenvalue weighted by molar-refractivity contribution is 5.75. The van der Waals surface area contributed by atoms with E-state index in [-0.39, 0.29) is 12.8 Å². The molecule has 1 fully saturated rings. The van der Waals surface area contributed by atoms with Crippen LogP contribution in [0.1, 0.15) is 12.8 Å². The van der Waals surface area contributed by atoms with E-state index >= 15 is 0 Å². The smallest absolute Gasteiger partial charge is 0.334 e. The molecule has 0 bridgehead atoms. The molecule has 14 heavy (non-hydrogen) atoms. The number of hydrogen-bond donors (Lipinski definition) is 2.